The third-order valence-corrected chi connectivity index (χ3v) is 5.50. The van der Waals surface area contributed by atoms with Gasteiger partial charge in [0.25, 0.3) is 0 Å². The van der Waals surface area contributed by atoms with Gasteiger partial charge in [0.1, 0.15) is 6.04 Å². The first-order chi connectivity index (χ1) is 14.4. The molecule has 168 valence electrons. The molecule has 7 nitrogen and oxygen atoms in total. The number of fused-ring (bicyclic) bond motifs is 1. The predicted octanol–water partition coefficient (Wildman–Crippen LogP) is 2.15. The van der Waals surface area contributed by atoms with Crippen molar-refractivity contribution in [2.24, 2.45) is 17.8 Å². The molecule has 0 bridgehead atoms. The van der Waals surface area contributed by atoms with Crippen LogP contribution in [0.5, 0.6) is 0 Å². The van der Waals surface area contributed by atoms with Crippen molar-refractivity contribution in [1.82, 2.24) is 25.2 Å². The van der Waals surface area contributed by atoms with Gasteiger partial charge in [-0.05, 0) is 30.9 Å². The number of halogens is 6. The molecule has 2 fully saturated rings. The summed E-state index contributed by atoms with van der Waals surface area (Å²) in [7, 11) is 0. The maximum absolute atomic E-state index is 12.8. The first-order valence-corrected chi connectivity index (χ1v) is 9.46. The average molecular weight is 449 g/mol. The summed E-state index contributed by atoms with van der Waals surface area (Å²) in [6.45, 7) is -0.0864. The minimum absolute atomic E-state index is 0.0569. The van der Waals surface area contributed by atoms with Crippen LogP contribution in [0.15, 0.2) is 18.5 Å². The fourth-order valence-corrected chi connectivity index (χ4v) is 3.73. The Labute approximate surface area is 171 Å². The molecule has 1 saturated carbocycles. The van der Waals surface area contributed by atoms with E-state index in [1.807, 2.05) is 5.32 Å². The summed E-state index contributed by atoms with van der Waals surface area (Å²) in [4.78, 5) is 27.9. The summed E-state index contributed by atoms with van der Waals surface area (Å²) in [6, 6.07) is -0.306. The van der Waals surface area contributed by atoms with E-state index in [1.54, 1.807) is 6.07 Å². The topological polar surface area (TPSA) is 88.4 Å². The largest absolute Gasteiger partial charge is 0.408 e. The first-order valence-electron chi connectivity index (χ1n) is 9.46. The zero-order valence-electron chi connectivity index (χ0n) is 15.8. The minimum Gasteiger partial charge on any atom is -0.350 e. The van der Waals surface area contributed by atoms with Gasteiger partial charge in [-0.3, -0.25) is 9.59 Å². The highest BCUT2D eigenvalue weighted by molar-refractivity contribution is 5.82. The molecule has 2 aromatic heterocycles. The van der Waals surface area contributed by atoms with Crippen molar-refractivity contribution in [3.63, 3.8) is 0 Å². The van der Waals surface area contributed by atoms with Crippen molar-refractivity contribution in [2.45, 2.75) is 44.2 Å². The molecule has 4 atom stereocenters. The second-order valence-corrected chi connectivity index (χ2v) is 7.85. The molecule has 4 rings (SSSR count). The molecule has 3 heterocycles. The number of imidazole rings is 1. The van der Waals surface area contributed by atoms with Crippen LogP contribution in [-0.4, -0.2) is 44.8 Å². The van der Waals surface area contributed by atoms with Gasteiger partial charge in [0.15, 0.2) is 5.65 Å². The standard InChI is InChI=1S/C18H17F6N5O2/c19-17(20,21)12-4-11(12)16(31)25-6-10-7-29-14(27-10)2-8(5-26-29)1-9-3-13(18(22,23)24)28-15(9)30/h2,5,7,9,11-13H,1,3-4,6H2,(H,25,31)(H,28,30). The van der Waals surface area contributed by atoms with Gasteiger partial charge in [0.2, 0.25) is 11.8 Å². The van der Waals surface area contributed by atoms with E-state index >= 15 is 0 Å². The van der Waals surface area contributed by atoms with Gasteiger partial charge in [-0.15, -0.1) is 0 Å². The summed E-state index contributed by atoms with van der Waals surface area (Å²) in [5, 5.41) is 8.46. The van der Waals surface area contributed by atoms with Gasteiger partial charge in [0.05, 0.1) is 36.5 Å². The number of hydrogen-bond acceptors (Lipinski definition) is 4. The van der Waals surface area contributed by atoms with Gasteiger partial charge in [-0.2, -0.15) is 31.4 Å². The number of nitrogens with zero attached hydrogens (tertiary/aromatic N) is 3. The summed E-state index contributed by atoms with van der Waals surface area (Å²) >= 11 is 0. The van der Waals surface area contributed by atoms with E-state index in [4.69, 9.17) is 0 Å². The molecular weight excluding hydrogens is 432 g/mol. The van der Waals surface area contributed by atoms with E-state index in [0.29, 0.717) is 16.9 Å². The minimum atomic E-state index is -4.50. The zero-order valence-corrected chi connectivity index (χ0v) is 15.8. The Hall–Kier alpha value is -2.86. The second kappa shape index (κ2) is 7.38. The third-order valence-electron chi connectivity index (χ3n) is 5.50. The Balaban J connectivity index is 1.36. The summed E-state index contributed by atoms with van der Waals surface area (Å²) < 4.78 is 77.4. The Morgan fingerprint density at radius 2 is 1.94 bits per heavy atom. The summed E-state index contributed by atoms with van der Waals surface area (Å²) in [6.07, 6.45) is -6.54. The number of rotatable bonds is 5. The number of carbonyl (C=O) groups excluding carboxylic acids is 2. The lowest BCUT2D eigenvalue weighted by molar-refractivity contribution is -0.155. The first kappa shape index (κ1) is 21.4. The van der Waals surface area contributed by atoms with Gasteiger partial charge in [-0.1, -0.05) is 0 Å². The molecule has 2 amide bonds. The van der Waals surface area contributed by atoms with Crippen molar-refractivity contribution in [3.05, 3.63) is 29.7 Å². The van der Waals surface area contributed by atoms with Crippen LogP contribution in [0.2, 0.25) is 0 Å². The second-order valence-electron chi connectivity index (χ2n) is 7.85. The molecule has 0 spiro atoms. The Morgan fingerprint density at radius 1 is 1.19 bits per heavy atom. The SMILES string of the molecule is O=C1NC(C(F)(F)F)CC1Cc1cnn2cc(CNC(=O)C3CC3C(F)(F)F)nc2c1. The van der Waals surface area contributed by atoms with E-state index < -0.39 is 48.0 Å². The fourth-order valence-electron chi connectivity index (χ4n) is 3.73. The molecule has 0 aromatic carbocycles. The van der Waals surface area contributed by atoms with E-state index in [2.05, 4.69) is 15.4 Å². The monoisotopic (exact) mass is 449 g/mol. The van der Waals surface area contributed by atoms with Gasteiger partial charge in [0, 0.05) is 5.92 Å². The molecule has 2 N–H and O–H groups in total. The Kier molecular flexibility index (Phi) is 5.09. The van der Waals surface area contributed by atoms with Crippen molar-refractivity contribution in [1.29, 1.82) is 0 Å². The van der Waals surface area contributed by atoms with Crippen LogP contribution in [-0.2, 0) is 22.6 Å². The number of carbonyl (C=O) groups is 2. The van der Waals surface area contributed by atoms with Crippen LogP contribution < -0.4 is 10.6 Å². The molecule has 1 aliphatic carbocycles. The molecule has 31 heavy (non-hydrogen) atoms. The van der Waals surface area contributed by atoms with Crippen LogP contribution >= 0.6 is 0 Å². The van der Waals surface area contributed by atoms with E-state index in [0.717, 1.165) is 0 Å². The van der Waals surface area contributed by atoms with Gasteiger partial charge in [-0.25, -0.2) is 9.50 Å². The Bertz CT molecular complexity index is 1020. The molecule has 1 aliphatic heterocycles. The van der Waals surface area contributed by atoms with Crippen LogP contribution in [0.3, 0.4) is 0 Å². The maximum Gasteiger partial charge on any atom is 0.408 e. The number of alkyl halides is 6. The molecule has 13 heteroatoms. The van der Waals surface area contributed by atoms with E-state index in [1.165, 1.54) is 16.9 Å². The van der Waals surface area contributed by atoms with Crippen LogP contribution in [0, 0.1) is 17.8 Å². The smallest absolute Gasteiger partial charge is 0.350 e. The lowest BCUT2D eigenvalue weighted by Gasteiger charge is -2.13. The van der Waals surface area contributed by atoms with E-state index in [9.17, 15) is 35.9 Å². The predicted molar refractivity (Wildman–Crippen MR) is 92.3 cm³/mol. The van der Waals surface area contributed by atoms with Crippen LogP contribution in [0.4, 0.5) is 26.3 Å². The highest BCUT2D eigenvalue weighted by Crippen LogP contribution is 2.50. The summed E-state index contributed by atoms with van der Waals surface area (Å²) in [5.74, 6) is -4.90. The quantitative estimate of drug-likeness (QED) is 0.685. The van der Waals surface area contributed by atoms with Crippen LogP contribution in [0.25, 0.3) is 5.65 Å². The number of amides is 2. The highest BCUT2D eigenvalue weighted by Gasteiger charge is 2.58. The molecule has 0 radical (unpaired) electrons. The average Bonchev–Trinajstić information content (AvgIpc) is 3.26. The normalized spacial score (nSPS) is 26.2. The zero-order chi connectivity index (χ0) is 22.6. The molecular formula is C18H17F6N5O2. The third kappa shape index (κ3) is 4.59. The molecule has 2 aliphatic rings. The van der Waals surface area contributed by atoms with Gasteiger partial charge >= 0.3 is 12.4 Å². The van der Waals surface area contributed by atoms with E-state index in [-0.39, 0.29) is 25.8 Å². The van der Waals surface area contributed by atoms with Crippen LogP contribution in [0.1, 0.15) is 24.1 Å². The van der Waals surface area contributed by atoms with Crippen molar-refractivity contribution < 1.29 is 35.9 Å². The molecule has 4 unspecified atom stereocenters. The number of aromatic nitrogens is 3. The summed E-state index contributed by atoms with van der Waals surface area (Å²) in [5.41, 5.74) is 1.22. The number of hydrogen-bond donors (Lipinski definition) is 2. The lowest BCUT2D eigenvalue weighted by atomic mass is 9.97. The maximum atomic E-state index is 12.8. The molecule has 2 aromatic rings. The van der Waals surface area contributed by atoms with Crippen molar-refractivity contribution >= 4 is 17.5 Å². The van der Waals surface area contributed by atoms with Crippen molar-refractivity contribution in [3.8, 4) is 0 Å². The molecule has 1 saturated heterocycles. The van der Waals surface area contributed by atoms with Crippen molar-refractivity contribution in [2.75, 3.05) is 0 Å². The fraction of sp³-hybridized carbons (Fsp3) is 0.556. The lowest BCUT2D eigenvalue weighted by Crippen LogP contribution is -2.38. The highest BCUT2D eigenvalue weighted by atomic mass is 19.4. The number of nitrogens with one attached hydrogen (secondary N) is 2. The van der Waals surface area contributed by atoms with Gasteiger partial charge < -0.3 is 10.6 Å². The Morgan fingerprint density at radius 3 is 2.55 bits per heavy atom.